The van der Waals surface area contributed by atoms with Crippen LogP contribution < -0.4 is 4.74 Å². The monoisotopic (exact) mass is 244 g/mol. The van der Waals surface area contributed by atoms with E-state index < -0.39 is 5.82 Å². The third-order valence-corrected chi connectivity index (χ3v) is 2.51. The minimum absolute atomic E-state index is 0.404. The van der Waals surface area contributed by atoms with E-state index in [0.29, 0.717) is 22.9 Å². The molecule has 6 heteroatoms. The summed E-state index contributed by atoms with van der Waals surface area (Å²) in [5, 5.41) is 0. The van der Waals surface area contributed by atoms with Crippen molar-refractivity contribution in [2.24, 2.45) is 0 Å². The van der Waals surface area contributed by atoms with Gasteiger partial charge in [-0.25, -0.2) is 9.37 Å². The fraction of sp³-hybridized carbons (Fsp3) is 0.0833. The minimum Gasteiger partial charge on any atom is -0.481 e. The Balaban J connectivity index is 2.13. The highest BCUT2D eigenvalue weighted by atomic mass is 19.1. The second kappa shape index (κ2) is 4.06. The molecule has 0 aliphatic heterocycles. The van der Waals surface area contributed by atoms with Crippen LogP contribution in [0.3, 0.4) is 0 Å². The van der Waals surface area contributed by atoms with Crippen molar-refractivity contribution < 1.29 is 9.13 Å². The molecule has 90 valence electrons. The summed E-state index contributed by atoms with van der Waals surface area (Å²) in [6.45, 7) is 0. The first-order valence-electron chi connectivity index (χ1n) is 5.28. The van der Waals surface area contributed by atoms with E-state index >= 15 is 0 Å². The number of halogens is 1. The van der Waals surface area contributed by atoms with E-state index in [1.807, 2.05) is 6.07 Å². The van der Waals surface area contributed by atoms with Crippen LogP contribution in [0, 0.1) is 5.82 Å². The molecule has 0 aliphatic carbocycles. The van der Waals surface area contributed by atoms with Gasteiger partial charge in [0.15, 0.2) is 5.65 Å². The normalized spacial score (nSPS) is 10.8. The number of pyridine rings is 2. The van der Waals surface area contributed by atoms with Crippen molar-refractivity contribution in [3.05, 3.63) is 36.4 Å². The number of fused-ring (bicyclic) bond motifs is 1. The Morgan fingerprint density at radius 3 is 2.89 bits per heavy atom. The molecule has 0 saturated carbocycles. The fourth-order valence-electron chi connectivity index (χ4n) is 1.67. The molecule has 3 aromatic heterocycles. The summed E-state index contributed by atoms with van der Waals surface area (Å²) in [5.74, 6) is 0.606. The summed E-state index contributed by atoms with van der Waals surface area (Å²) in [5.41, 5.74) is 1.86. The van der Waals surface area contributed by atoms with Crippen LogP contribution in [0.4, 0.5) is 4.39 Å². The quantitative estimate of drug-likeness (QED) is 0.750. The maximum absolute atomic E-state index is 13.1. The Bertz CT molecular complexity index is 710. The molecule has 5 nitrogen and oxygen atoms in total. The van der Waals surface area contributed by atoms with Crippen molar-refractivity contribution in [3.63, 3.8) is 0 Å². The van der Waals surface area contributed by atoms with Crippen LogP contribution in [0.25, 0.3) is 22.6 Å². The van der Waals surface area contributed by atoms with Gasteiger partial charge in [-0.2, -0.15) is 4.98 Å². The number of nitrogens with zero attached hydrogens (tertiary/aromatic N) is 3. The smallest absolute Gasteiger partial charge is 0.215 e. The van der Waals surface area contributed by atoms with Gasteiger partial charge in [-0.15, -0.1) is 0 Å². The van der Waals surface area contributed by atoms with E-state index in [-0.39, 0.29) is 0 Å². The molecule has 0 bridgehead atoms. The lowest BCUT2D eigenvalue weighted by molar-refractivity contribution is 0.399. The zero-order valence-corrected chi connectivity index (χ0v) is 9.51. The summed E-state index contributed by atoms with van der Waals surface area (Å²) < 4.78 is 18.1. The highest BCUT2D eigenvalue weighted by Crippen LogP contribution is 2.20. The lowest BCUT2D eigenvalue weighted by atomic mass is 10.3. The molecule has 0 radical (unpaired) electrons. The average molecular weight is 244 g/mol. The van der Waals surface area contributed by atoms with Crippen molar-refractivity contribution in [2.45, 2.75) is 0 Å². The van der Waals surface area contributed by atoms with Gasteiger partial charge < -0.3 is 9.72 Å². The molecule has 0 aliphatic rings. The van der Waals surface area contributed by atoms with Gasteiger partial charge in [0.2, 0.25) is 5.88 Å². The Morgan fingerprint density at radius 1 is 1.22 bits per heavy atom. The first-order valence-corrected chi connectivity index (χ1v) is 5.28. The fourth-order valence-corrected chi connectivity index (χ4v) is 1.67. The summed E-state index contributed by atoms with van der Waals surface area (Å²) in [6.07, 6.45) is 2.69. The van der Waals surface area contributed by atoms with Gasteiger partial charge in [-0.1, -0.05) is 0 Å². The third kappa shape index (κ3) is 1.77. The summed E-state index contributed by atoms with van der Waals surface area (Å²) in [4.78, 5) is 15.3. The van der Waals surface area contributed by atoms with Gasteiger partial charge in [0.05, 0.1) is 18.8 Å². The number of hydrogen-bond acceptors (Lipinski definition) is 4. The molecule has 1 N–H and O–H groups in total. The van der Waals surface area contributed by atoms with Crippen molar-refractivity contribution in [1.29, 1.82) is 0 Å². The molecule has 0 amide bonds. The summed E-state index contributed by atoms with van der Waals surface area (Å²) in [7, 11) is 1.54. The molecule has 18 heavy (non-hydrogen) atoms. The van der Waals surface area contributed by atoms with Crippen LogP contribution in [0.5, 0.6) is 5.88 Å². The lowest BCUT2D eigenvalue weighted by Crippen LogP contribution is -1.86. The van der Waals surface area contributed by atoms with E-state index in [1.165, 1.54) is 19.4 Å². The number of aromatic nitrogens is 4. The van der Waals surface area contributed by atoms with Crippen molar-refractivity contribution >= 4 is 11.2 Å². The molecular formula is C12H9FN4O. The number of nitrogens with one attached hydrogen (secondary N) is 1. The van der Waals surface area contributed by atoms with Gasteiger partial charge in [0.25, 0.3) is 0 Å². The molecule has 0 spiro atoms. The SMILES string of the molecule is COc1ccc2[nH]c(-c3cncc(F)c3)nc2n1. The van der Waals surface area contributed by atoms with Crippen LogP contribution in [0.1, 0.15) is 0 Å². The number of ether oxygens (including phenoxy) is 1. The number of imidazole rings is 1. The summed E-state index contributed by atoms with van der Waals surface area (Å²) >= 11 is 0. The third-order valence-electron chi connectivity index (χ3n) is 2.51. The second-order valence-electron chi connectivity index (χ2n) is 3.70. The highest BCUT2D eigenvalue weighted by Gasteiger charge is 2.08. The Morgan fingerprint density at radius 2 is 2.11 bits per heavy atom. The van der Waals surface area contributed by atoms with Gasteiger partial charge in [0.1, 0.15) is 11.6 Å². The van der Waals surface area contributed by atoms with Crippen molar-refractivity contribution in [3.8, 4) is 17.3 Å². The van der Waals surface area contributed by atoms with Gasteiger partial charge >= 0.3 is 0 Å². The molecule has 3 heterocycles. The minimum atomic E-state index is -0.404. The predicted octanol–water partition coefficient (Wildman–Crippen LogP) is 2.17. The highest BCUT2D eigenvalue weighted by molar-refractivity contribution is 5.76. The van der Waals surface area contributed by atoms with E-state index in [9.17, 15) is 4.39 Å². The Labute approximate surface area is 102 Å². The van der Waals surface area contributed by atoms with Gasteiger partial charge in [0, 0.05) is 17.8 Å². The van der Waals surface area contributed by atoms with Crippen LogP contribution >= 0.6 is 0 Å². The number of H-pyrrole nitrogens is 1. The number of rotatable bonds is 2. The lowest BCUT2D eigenvalue weighted by Gasteiger charge is -1.95. The van der Waals surface area contributed by atoms with Crippen LogP contribution in [0.2, 0.25) is 0 Å². The largest absolute Gasteiger partial charge is 0.481 e. The van der Waals surface area contributed by atoms with Crippen molar-refractivity contribution in [2.75, 3.05) is 7.11 Å². The molecule has 0 aromatic carbocycles. The molecule has 0 saturated heterocycles. The maximum atomic E-state index is 13.1. The zero-order valence-electron chi connectivity index (χ0n) is 9.51. The predicted molar refractivity (Wildman–Crippen MR) is 63.6 cm³/mol. The molecule has 0 atom stereocenters. The average Bonchev–Trinajstić information content (AvgIpc) is 2.81. The molecular weight excluding hydrogens is 235 g/mol. The van der Waals surface area contributed by atoms with Gasteiger partial charge in [-0.05, 0) is 12.1 Å². The first kappa shape index (κ1) is 10.6. The van der Waals surface area contributed by atoms with E-state index in [0.717, 1.165) is 11.7 Å². The van der Waals surface area contributed by atoms with Crippen LogP contribution in [0.15, 0.2) is 30.6 Å². The van der Waals surface area contributed by atoms with Crippen LogP contribution in [-0.4, -0.2) is 27.0 Å². The number of methoxy groups -OCH3 is 1. The summed E-state index contributed by atoms with van der Waals surface area (Å²) in [6, 6.07) is 4.90. The topological polar surface area (TPSA) is 63.7 Å². The van der Waals surface area contributed by atoms with Crippen molar-refractivity contribution in [1.82, 2.24) is 19.9 Å². The van der Waals surface area contributed by atoms with Gasteiger partial charge in [-0.3, -0.25) is 4.98 Å². The Hall–Kier alpha value is -2.50. The van der Waals surface area contributed by atoms with E-state index in [2.05, 4.69) is 19.9 Å². The first-order chi connectivity index (χ1) is 8.76. The number of hydrogen-bond donors (Lipinski definition) is 1. The molecule has 0 unspecified atom stereocenters. The molecule has 3 rings (SSSR count). The Kier molecular flexibility index (Phi) is 2.40. The standard InChI is InChI=1S/C12H9FN4O/c1-18-10-3-2-9-12(16-10)17-11(15-9)7-4-8(13)6-14-5-7/h2-6H,1H3,(H,15,16,17). The van der Waals surface area contributed by atoms with E-state index in [4.69, 9.17) is 4.74 Å². The molecule has 3 aromatic rings. The zero-order chi connectivity index (χ0) is 12.5. The second-order valence-corrected chi connectivity index (χ2v) is 3.70. The van der Waals surface area contributed by atoms with Crippen LogP contribution in [-0.2, 0) is 0 Å². The van der Waals surface area contributed by atoms with E-state index in [1.54, 1.807) is 6.07 Å². The number of aromatic amines is 1. The maximum Gasteiger partial charge on any atom is 0.215 e. The molecule has 0 fully saturated rings.